The summed E-state index contributed by atoms with van der Waals surface area (Å²) in [6.45, 7) is 2.34. The van der Waals surface area contributed by atoms with Crippen LogP contribution in [0.1, 0.15) is 20.4 Å². The molecule has 0 bridgehead atoms. The third-order valence-corrected chi connectivity index (χ3v) is 3.00. The molecule has 0 aliphatic rings. The summed E-state index contributed by atoms with van der Waals surface area (Å²) in [6.07, 6.45) is 4.52. The van der Waals surface area contributed by atoms with Crippen LogP contribution in [0.3, 0.4) is 0 Å². The number of halogens is 1. The molecule has 2 aromatic rings. The van der Waals surface area contributed by atoms with E-state index in [1.54, 1.807) is 17.5 Å². The zero-order valence-corrected chi connectivity index (χ0v) is 10.5. The first-order valence-electron chi connectivity index (χ1n) is 4.82. The van der Waals surface area contributed by atoms with Crippen LogP contribution in [0.2, 0.25) is 5.15 Å². The second kappa shape index (κ2) is 5.20. The summed E-state index contributed by atoms with van der Waals surface area (Å²) in [5, 5.41) is 3.75. The minimum Gasteiger partial charge on any atom is -0.344 e. The number of nitrogens with one attached hydrogen (secondary N) is 1. The summed E-state index contributed by atoms with van der Waals surface area (Å²) in [4.78, 5) is 24.6. The molecule has 0 fully saturated rings. The predicted octanol–water partition coefficient (Wildman–Crippen LogP) is 1.82. The fourth-order valence-electron chi connectivity index (χ4n) is 1.18. The lowest BCUT2D eigenvalue weighted by atomic mass is 10.4. The number of aromatic nitrogens is 3. The number of carbonyl (C=O) groups is 1. The van der Waals surface area contributed by atoms with Gasteiger partial charge in [-0.25, -0.2) is 9.97 Å². The van der Waals surface area contributed by atoms with E-state index >= 15 is 0 Å². The molecular weight excluding hydrogens is 260 g/mol. The van der Waals surface area contributed by atoms with Gasteiger partial charge >= 0.3 is 0 Å². The maximum absolute atomic E-state index is 11.7. The highest BCUT2D eigenvalue weighted by atomic mass is 35.5. The van der Waals surface area contributed by atoms with Gasteiger partial charge in [-0.1, -0.05) is 11.6 Å². The van der Waals surface area contributed by atoms with Crippen LogP contribution in [0.5, 0.6) is 0 Å². The molecule has 0 aromatic carbocycles. The molecule has 17 heavy (non-hydrogen) atoms. The van der Waals surface area contributed by atoms with Crippen molar-refractivity contribution in [1.29, 1.82) is 0 Å². The van der Waals surface area contributed by atoms with Crippen LogP contribution >= 0.6 is 22.9 Å². The van der Waals surface area contributed by atoms with E-state index in [1.165, 1.54) is 12.4 Å². The number of rotatable bonds is 3. The van der Waals surface area contributed by atoms with E-state index in [-0.39, 0.29) is 16.8 Å². The van der Waals surface area contributed by atoms with Crippen LogP contribution < -0.4 is 5.32 Å². The van der Waals surface area contributed by atoms with Gasteiger partial charge in [0.05, 0.1) is 18.9 Å². The second-order valence-corrected chi connectivity index (χ2v) is 4.98. The molecule has 5 nitrogen and oxygen atoms in total. The lowest BCUT2D eigenvalue weighted by molar-refractivity contribution is 0.0945. The lowest BCUT2D eigenvalue weighted by Crippen LogP contribution is -2.23. The Balaban J connectivity index is 1.98. The van der Waals surface area contributed by atoms with Crippen molar-refractivity contribution in [1.82, 2.24) is 20.3 Å². The molecule has 1 N–H and O–H groups in total. The van der Waals surface area contributed by atoms with Crippen LogP contribution in [0.25, 0.3) is 0 Å². The highest BCUT2D eigenvalue weighted by Gasteiger charge is 2.08. The van der Waals surface area contributed by atoms with Crippen molar-refractivity contribution in [3.63, 3.8) is 0 Å². The van der Waals surface area contributed by atoms with E-state index in [0.29, 0.717) is 6.54 Å². The highest BCUT2D eigenvalue weighted by molar-refractivity contribution is 7.11. The summed E-state index contributed by atoms with van der Waals surface area (Å²) >= 11 is 7.19. The first-order chi connectivity index (χ1) is 8.15. The topological polar surface area (TPSA) is 67.8 Å². The molecule has 0 unspecified atom stereocenters. The molecule has 0 saturated carbocycles. The Morgan fingerprint density at radius 1 is 1.47 bits per heavy atom. The number of aryl methyl sites for hydroxylation is 1. The van der Waals surface area contributed by atoms with Crippen molar-refractivity contribution in [2.45, 2.75) is 13.5 Å². The Kier molecular flexibility index (Phi) is 3.65. The molecule has 1 amide bonds. The van der Waals surface area contributed by atoms with Gasteiger partial charge < -0.3 is 5.32 Å². The SMILES string of the molecule is Cc1cnc(CNC(=O)c2cncc(Cl)n2)s1. The van der Waals surface area contributed by atoms with Crippen molar-refractivity contribution >= 4 is 28.8 Å². The minimum atomic E-state index is -0.312. The van der Waals surface area contributed by atoms with E-state index in [4.69, 9.17) is 11.6 Å². The standard InChI is InChI=1S/C10H9ClN4OS/c1-6-2-13-9(17-6)5-14-10(16)7-3-12-4-8(11)15-7/h2-4H,5H2,1H3,(H,14,16). The summed E-state index contributed by atoms with van der Waals surface area (Å²) < 4.78 is 0. The Hall–Kier alpha value is -1.53. The van der Waals surface area contributed by atoms with Crippen LogP contribution in [0.15, 0.2) is 18.6 Å². The largest absolute Gasteiger partial charge is 0.344 e. The van der Waals surface area contributed by atoms with Crippen molar-refractivity contribution in [3.05, 3.63) is 39.3 Å². The molecule has 0 aliphatic heterocycles. The van der Waals surface area contributed by atoms with Crippen LogP contribution in [0, 0.1) is 6.92 Å². The quantitative estimate of drug-likeness (QED) is 0.922. The van der Waals surface area contributed by atoms with Crippen LogP contribution in [-0.2, 0) is 6.54 Å². The maximum Gasteiger partial charge on any atom is 0.271 e. The molecule has 0 radical (unpaired) electrons. The molecule has 2 heterocycles. The third kappa shape index (κ3) is 3.21. The first kappa shape index (κ1) is 11.9. The fraction of sp³-hybridized carbons (Fsp3) is 0.200. The van der Waals surface area contributed by atoms with Gasteiger partial charge in [0.2, 0.25) is 0 Å². The van der Waals surface area contributed by atoms with Crippen LogP contribution in [-0.4, -0.2) is 20.9 Å². The van der Waals surface area contributed by atoms with E-state index < -0.39 is 0 Å². The van der Waals surface area contributed by atoms with Gasteiger partial charge in [0.1, 0.15) is 15.9 Å². The van der Waals surface area contributed by atoms with Crippen molar-refractivity contribution in [2.24, 2.45) is 0 Å². The monoisotopic (exact) mass is 268 g/mol. The predicted molar refractivity (Wildman–Crippen MR) is 65.1 cm³/mol. The molecule has 2 rings (SSSR count). The van der Waals surface area contributed by atoms with Gasteiger partial charge in [0.15, 0.2) is 0 Å². The average Bonchev–Trinajstić information content (AvgIpc) is 2.72. The Morgan fingerprint density at radius 2 is 2.29 bits per heavy atom. The number of nitrogens with zero attached hydrogens (tertiary/aromatic N) is 3. The molecule has 0 aliphatic carbocycles. The zero-order valence-electron chi connectivity index (χ0n) is 8.98. The van der Waals surface area contributed by atoms with E-state index in [1.807, 2.05) is 6.92 Å². The van der Waals surface area contributed by atoms with Crippen LogP contribution in [0.4, 0.5) is 0 Å². The summed E-state index contributed by atoms with van der Waals surface area (Å²) in [5.41, 5.74) is 0.200. The number of carbonyl (C=O) groups excluding carboxylic acids is 1. The third-order valence-electron chi connectivity index (χ3n) is 1.91. The zero-order chi connectivity index (χ0) is 12.3. The molecular formula is C10H9ClN4OS. The molecule has 0 spiro atoms. The molecule has 0 saturated heterocycles. The number of hydrogen-bond donors (Lipinski definition) is 1. The summed E-state index contributed by atoms with van der Waals surface area (Å²) in [5.74, 6) is -0.312. The van der Waals surface area contributed by atoms with Crippen molar-refractivity contribution in [3.8, 4) is 0 Å². The molecule has 0 atom stereocenters. The second-order valence-electron chi connectivity index (χ2n) is 3.27. The smallest absolute Gasteiger partial charge is 0.271 e. The first-order valence-corrected chi connectivity index (χ1v) is 6.01. The van der Waals surface area contributed by atoms with E-state index in [9.17, 15) is 4.79 Å². The minimum absolute atomic E-state index is 0.197. The van der Waals surface area contributed by atoms with Gasteiger partial charge in [-0.05, 0) is 6.92 Å². The maximum atomic E-state index is 11.7. The molecule has 7 heteroatoms. The molecule has 2 aromatic heterocycles. The van der Waals surface area contributed by atoms with Gasteiger partial charge in [0.25, 0.3) is 5.91 Å². The Bertz CT molecular complexity index is 543. The number of amides is 1. The Labute approximate surface area is 107 Å². The Morgan fingerprint density at radius 3 is 2.94 bits per heavy atom. The van der Waals surface area contributed by atoms with Gasteiger partial charge in [-0.15, -0.1) is 11.3 Å². The number of thiazole rings is 1. The normalized spacial score (nSPS) is 10.2. The van der Waals surface area contributed by atoms with Crippen molar-refractivity contribution < 1.29 is 4.79 Å². The lowest BCUT2D eigenvalue weighted by Gasteiger charge is -2.01. The molecule has 88 valence electrons. The van der Waals surface area contributed by atoms with Gasteiger partial charge in [-0.3, -0.25) is 9.78 Å². The summed E-state index contributed by atoms with van der Waals surface area (Å²) in [6, 6.07) is 0. The van der Waals surface area contributed by atoms with Gasteiger partial charge in [-0.2, -0.15) is 0 Å². The van der Waals surface area contributed by atoms with E-state index in [2.05, 4.69) is 20.3 Å². The average molecular weight is 269 g/mol. The summed E-state index contributed by atoms with van der Waals surface area (Å²) in [7, 11) is 0. The van der Waals surface area contributed by atoms with E-state index in [0.717, 1.165) is 9.88 Å². The number of hydrogen-bond acceptors (Lipinski definition) is 5. The fourth-order valence-corrected chi connectivity index (χ4v) is 2.06. The van der Waals surface area contributed by atoms with Crippen molar-refractivity contribution in [2.75, 3.05) is 0 Å². The van der Waals surface area contributed by atoms with Gasteiger partial charge in [0, 0.05) is 11.1 Å². The highest BCUT2D eigenvalue weighted by Crippen LogP contribution is 2.10.